The number of benzene rings is 5. The zero-order valence-electron chi connectivity index (χ0n) is 20.9. The van der Waals surface area contributed by atoms with Crippen LogP contribution in [0.15, 0.2) is 114 Å². The van der Waals surface area contributed by atoms with Crippen molar-refractivity contribution in [3.8, 4) is 5.75 Å². The Morgan fingerprint density at radius 3 is 2.23 bits per heavy atom. The van der Waals surface area contributed by atoms with Gasteiger partial charge in [-0.05, 0) is 52.7 Å². The number of carbonyl (C=O) groups excluding carboxylic acids is 1. The first-order valence-electron chi connectivity index (χ1n) is 12.4. The van der Waals surface area contributed by atoms with Crippen LogP contribution in [-0.4, -0.2) is 25.6 Å². The van der Waals surface area contributed by atoms with Gasteiger partial charge < -0.3 is 15.0 Å². The van der Waals surface area contributed by atoms with E-state index in [0.717, 1.165) is 27.4 Å². The monoisotopic (exact) mass is 535 g/mol. The van der Waals surface area contributed by atoms with Gasteiger partial charge >= 0.3 is 0 Å². The molecule has 3 N–H and O–H groups in total. The van der Waals surface area contributed by atoms with Crippen LogP contribution in [0.1, 0.15) is 15.9 Å². The number of hydrogen-bond donors (Lipinski definition) is 2. The second-order valence-electron chi connectivity index (χ2n) is 9.23. The topological polar surface area (TPSA) is 103 Å². The van der Waals surface area contributed by atoms with Gasteiger partial charge in [-0.15, -0.1) is 0 Å². The van der Waals surface area contributed by atoms with E-state index in [4.69, 9.17) is 10.5 Å². The average molecular weight is 536 g/mol. The molecule has 0 radical (unpaired) electrons. The Morgan fingerprint density at radius 2 is 1.46 bits per heavy atom. The number of fused-ring (bicyclic) bond motifs is 4. The number of amides is 1. The number of hydrogen-bond acceptors (Lipinski definition) is 4. The van der Waals surface area contributed by atoms with Crippen molar-refractivity contribution < 1.29 is 17.9 Å². The minimum Gasteiger partial charge on any atom is -0.477 e. The third kappa shape index (κ3) is 4.60. The molecule has 194 valence electrons. The molecule has 39 heavy (non-hydrogen) atoms. The highest BCUT2D eigenvalue weighted by Gasteiger charge is 2.20. The van der Waals surface area contributed by atoms with E-state index < -0.39 is 15.9 Å². The van der Waals surface area contributed by atoms with Crippen molar-refractivity contribution in [3.05, 3.63) is 120 Å². The number of ether oxygens (including phenoxy) is 1. The SMILES string of the molecule is NC(=O)c1cccc2c1c1c(OCNS(=O)(=O)c3ccc4ccccc4c3)cccc1n2Cc1ccccc1. The van der Waals surface area contributed by atoms with Crippen LogP contribution in [0.4, 0.5) is 0 Å². The lowest BCUT2D eigenvalue weighted by Gasteiger charge is -2.11. The summed E-state index contributed by atoms with van der Waals surface area (Å²) in [6.07, 6.45) is 0. The van der Waals surface area contributed by atoms with Gasteiger partial charge in [0.05, 0.1) is 21.3 Å². The largest absolute Gasteiger partial charge is 0.477 e. The van der Waals surface area contributed by atoms with Crippen molar-refractivity contribution in [2.45, 2.75) is 11.4 Å². The normalized spacial score (nSPS) is 11.8. The van der Waals surface area contributed by atoms with Gasteiger partial charge in [-0.25, -0.2) is 8.42 Å². The van der Waals surface area contributed by atoms with Gasteiger partial charge in [0.15, 0.2) is 6.73 Å². The molecule has 0 fully saturated rings. The summed E-state index contributed by atoms with van der Waals surface area (Å²) >= 11 is 0. The van der Waals surface area contributed by atoms with E-state index in [1.807, 2.05) is 72.8 Å². The van der Waals surface area contributed by atoms with Crippen molar-refractivity contribution in [2.24, 2.45) is 5.73 Å². The number of rotatable bonds is 8. The maximum atomic E-state index is 13.0. The molecule has 0 aliphatic rings. The third-order valence-electron chi connectivity index (χ3n) is 6.84. The molecule has 0 atom stereocenters. The number of sulfonamides is 1. The molecule has 0 unspecified atom stereocenters. The Kier molecular flexibility index (Phi) is 6.26. The van der Waals surface area contributed by atoms with Crippen LogP contribution in [0.25, 0.3) is 32.6 Å². The van der Waals surface area contributed by atoms with Gasteiger partial charge in [0.2, 0.25) is 15.9 Å². The Bertz CT molecular complexity index is 1970. The first kappa shape index (κ1) is 24.7. The zero-order valence-corrected chi connectivity index (χ0v) is 21.7. The lowest BCUT2D eigenvalue weighted by atomic mass is 10.1. The Balaban J connectivity index is 1.37. The second-order valence-corrected chi connectivity index (χ2v) is 11.0. The number of nitrogens with one attached hydrogen (secondary N) is 1. The molecule has 7 nitrogen and oxygen atoms in total. The molecule has 5 aromatic carbocycles. The van der Waals surface area contributed by atoms with Gasteiger partial charge in [-0.2, -0.15) is 4.72 Å². The third-order valence-corrected chi connectivity index (χ3v) is 8.21. The summed E-state index contributed by atoms with van der Waals surface area (Å²) in [6, 6.07) is 33.6. The van der Waals surface area contributed by atoms with Crippen LogP contribution >= 0.6 is 0 Å². The van der Waals surface area contributed by atoms with E-state index in [9.17, 15) is 13.2 Å². The summed E-state index contributed by atoms with van der Waals surface area (Å²) < 4.78 is 36.7. The Morgan fingerprint density at radius 1 is 0.769 bits per heavy atom. The highest BCUT2D eigenvalue weighted by atomic mass is 32.2. The average Bonchev–Trinajstić information content (AvgIpc) is 3.27. The van der Waals surface area contributed by atoms with Gasteiger partial charge in [0, 0.05) is 17.5 Å². The van der Waals surface area contributed by atoms with E-state index in [0.29, 0.717) is 28.6 Å². The molecule has 0 bridgehead atoms. The summed E-state index contributed by atoms with van der Waals surface area (Å²) in [4.78, 5) is 12.6. The van der Waals surface area contributed by atoms with Crippen molar-refractivity contribution in [2.75, 3.05) is 6.73 Å². The first-order chi connectivity index (χ1) is 18.9. The van der Waals surface area contributed by atoms with Crippen molar-refractivity contribution >= 4 is 48.5 Å². The predicted octanol–water partition coefficient (Wildman–Crippen LogP) is 5.41. The summed E-state index contributed by atoms with van der Waals surface area (Å²) in [5.41, 5.74) is 8.90. The first-order valence-corrected chi connectivity index (χ1v) is 13.9. The van der Waals surface area contributed by atoms with Crippen LogP contribution in [0, 0.1) is 0 Å². The van der Waals surface area contributed by atoms with Gasteiger partial charge in [0.1, 0.15) is 5.75 Å². The fraction of sp³-hybridized carbons (Fsp3) is 0.0645. The smallest absolute Gasteiger partial charge is 0.249 e. The highest BCUT2D eigenvalue weighted by molar-refractivity contribution is 7.89. The summed E-state index contributed by atoms with van der Waals surface area (Å²) in [5, 5.41) is 3.15. The van der Waals surface area contributed by atoms with Crippen LogP contribution in [0.2, 0.25) is 0 Å². The minimum absolute atomic E-state index is 0.151. The van der Waals surface area contributed by atoms with Crippen LogP contribution in [0.5, 0.6) is 5.75 Å². The highest BCUT2D eigenvalue weighted by Crippen LogP contribution is 2.38. The molecule has 1 aromatic heterocycles. The van der Waals surface area contributed by atoms with Gasteiger partial charge in [-0.1, -0.05) is 72.8 Å². The maximum absolute atomic E-state index is 13.0. The summed E-state index contributed by atoms with van der Waals surface area (Å²) in [6.45, 7) is 0.277. The molecule has 0 spiro atoms. The molecule has 1 heterocycles. The summed E-state index contributed by atoms with van der Waals surface area (Å²) in [5.74, 6) is -0.106. The van der Waals surface area contributed by atoms with E-state index in [1.54, 1.807) is 36.4 Å². The lowest BCUT2D eigenvalue weighted by Crippen LogP contribution is -2.28. The van der Waals surface area contributed by atoms with Crippen molar-refractivity contribution in [1.82, 2.24) is 9.29 Å². The maximum Gasteiger partial charge on any atom is 0.249 e. The fourth-order valence-corrected chi connectivity index (χ4v) is 5.93. The molecule has 1 amide bonds. The second kappa shape index (κ2) is 9.90. The lowest BCUT2D eigenvalue weighted by molar-refractivity contribution is 0.100. The van der Waals surface area contributed by atoms with E-state index in [-0.39, 0.29) is 11.6 Å². The quantitative estimate of drug-likeness (QED) is 0.254. The zero-order chi connectivity index (χ0) is 27.0. The molecule has 0 aliphatic carbocycles. The molecule has 6 aromatic rings. The molecular formula is C31H25N3O4S. The molecule has 0 aliphatic heterocycles. The van der Waals surface area contributed by atoms with Crippen molar-refractivity contribution in [3.63, 3.8) is 0 Å². The Hall–Kier alpha value is -4.66. The fourth-order valence-electron chi connectivity index (χ4n) is 5.02. The molecule has 0 saturated carbocycles. The van der Waals surface area contributed by atoms with Gasteiger partial charge in [-0.3, -0.25) is 4.79 Å². The molecule has 0 saturated heterocycles. The van der Waals surface area contributed by atoms with Gasteiger partial charge in [0.25, 0.3) is 0 Å². The molecular weight excluding hydrogens is 510 g/mol. The number of carbonyl (C=O) groups is 1. The van der Waals surface area contributed by atoms with E-state index >= 15 is 0 Å². The number of primary amides is 1. The molecule has 6 rings (SSSR count). The van der Waals surface area contributed by atoms with E-state index in [1.165, 1.54) is 0 Å². The van der Waals surface area contributed by atoms with Crippen molar-refractivity contribution in [1.29, 1.82) is 0 Å². The number of nitrogens with two attached hydrogens (primary N) is 1. The van der Waals surface area contributed by atoms with E-state index in [2.05, 4.69) is 9.29 Å². The Labute approximate surface area is 225 Å². The number of nitrogens with zero attached hydrogens (tertiary/aromatic N) is 1. The minimum atomic E-state index is -3.83. The summed E-state index contributed by atoms with van der Waals surface area (Å²) in [7, 11) is -3.83. The predicted molar refractivity (Wildman–Crippen MR) is 153 cm³/mol. The van der Waals surface area contributed by atoms with Crippen LogP contribution in [-0.2, 0) is 16.6 Å². The van der Waals surface area contributed by atoms with Crippen LogP contribution in [0.3, 0.4) is 0 Å². The van der Waals surface area contributed by atoms with Crippen LogP contribution < -0.4 is 15.2 Å². The number of aromatic nitrogens is 1. The molecule has 8 heteroatoms. The standard InChI is InChI=1S/C31H25N3O4S/c32-31(35)25-12-6-13-26-29(25)30-27(34(26)19-21-8-2-1-3-9-21)14-7-15-28(30)38-20-33-39(36,37)24-17-16-22-10-4-5-11-23(22)18-24/h1-18,33H,19-20H2,(H2,32,35).